The van der Waals surface area contributed by atoms with Gasteiger partial charge >= 0.3 is 0 Å². The van der Waals surface area contributed by atoms with E-state index in [1.165, 1.54) is 0 Å². The molecule has 1 aromatic rings. The van der Waals surface area contributed by atoms with Crippen molar-refractivity contribution in [2.24, 2.45) is 5.92 Å². The van der Waals surface area contributed by atoms with Crippen molar-refractivity contribution >= 4 is 5.95 Å². The normalized spacial score (nSPS) is 21.8. The van der Waals surface area contributed by atoms with Gasteiger partial charge in [0.15, 0.2) is 0 Å². The molecule has 90 valence electrons. The maximum atomic E-state index is 4.54. The minimum Gasteiger partial charge on any atom is -0.337 e. The van der Waals surface area contributed by atoms with Crippen molar-refractivity contribution < 1.29 is 0 Å². The van der Waals surface area contributed by atoms with Crippen LogP contribution in [0.2, 0.25) is 0 Å². The molecule has 1 aliphatic rings. The third kappa shape index (κ3) is 2.72. The topological polar surface area (TPSA) is 56.8 Å². The van der Waals surface area contributed by atoms with Gasteiger partial charge in [0.05, 0.1) is 0 Å². The SMILES string of the molecule is CC(C)Cc1nc(N2CCN[C@@H](C)C2)n[nH]1. The van der Waals surface area contributed by atoms with Crippen LogP contribution >= 0.6 is 0 Å². The third-order valence-electron chi connectivity index (χ3n) is 2.77. The maximum Gasteiger partial charge on any atom is 0.244 e. The number of aromatic nitrogens is 3. The Bertz CT molecular complexity index is 333. The van der Waals surface area contributed by atoms with Crippen LogP contribution in [0.4, 0.5) is 5.95 Å². The van der Waals surface area contributed by atoms with Gasteiger partial charge in [0.2, 0.25) is 5.95 Å². The average molecular weight is 223 g/mol. The number of H-pyrrole nitrogens is 1. The van der Waals surface area contributed by atoms with Crippen molar-refractivity contribution in [3.05, 3.63) is 5.82 Å². The molecule has 1 fully saturated rings. The van der Waals surface area contributed by atoms with Crippen LogP contribution in [0.15, 0.2) is 0 Å². The van der Waals surface area contributed by atoms with E-state index in [4.69, 9.17) is 0 Å². The molecular formula is C11H21N5. The van der Waals surface area contributed by atoms with Gasteiger partial charge in [0.1, 0.15) is 5.82 Å². The van der Waals surface area contributed by atoms with E-state index in [0.717, 1.165) is 37.8 Å². The molecule has 0 aromatic carbocycles. The lowest BCUT2D eigenvalue weighted by Crippen LogP contribution is -2.49. The fourth-order valence-corrected chi connectivity index (χ4v) is 2.02. The summed E-state index contributed by atoms with van der Waals surface area (Å²) in [5.74, 6) is 2.46. The first-order chi connectivity index (χ1) is 7.65. The highest BCUT2D eigenvalue weighted by Gasteiger charge is 2.19. The Hall–Kier alpha value is -1.10. The summed E-state index contributed by atoms with van der Waals surface area (Å²) in [6.45, 7) is 9.55. The Morgan fingerprint density at radius 3 is 3.00 bits per heavy atom. The van der Waals surface area contributed by atoms with Crippen molar-refractivity contribution in [3.63, 3.8) is 0 Å². The molecule has 5 nitrogen and oxygen atoms in total. The van der Waals surface area contributed by atoms with E-state index in [2.05, 4.69) is 46.2 Å². The highest BCUT2D eigenvalue weighted by Crippen LogP contribution is 2.11. The minimum absolute atomic E-state index is 0.515. The lowest BCUT2D eigenvalue weighted by molar-refractivity contribution is 0.479. The molecule has 1 saturated heterocycles. The Morgan fingerprint density at radius 2 is 2.31 bits per heavy atom. The summed E-state index contributed by atoms with van der Waals surface area (Å²) in [6, 6.07) is 0.515. The van der Waals surface area contributed by atoms with Crippen molar-refractivity contribution in [1.29, 1.82) is 0 Å². The van der Waals surface area contributed by atoms with E-state index < -0.39 is 0 Å². The Balaban J connectivity index is 2.00. The lowest BCUT2D eigenvalue weighted by atomic mass is 10.1. The van der Waals surface area contributed by atoms with Crippen LogP contribution in [0.5, 0.6) is 0 Å². The maximum absolute atomic E-state index is 4.54. The summed E-state index contributed by atoms with van der Waals surface area (Å²) >= 11 is 0. The fourth-order valence-electron chi connectivity index (χ4n) is 2.02. The van der Waals surface area contributed by atoms with E-state index in [1.54, 1.807) is 0 Å². The summed E-state index contributed by atoms with van der Waals surface area (Å²) < 4.78 is 0. The van der Waals surface area contributed by atoms with Gasteiger partial charge in [-0.05, 0) is 12.8 Å². The van der Waals surface area contributed by atoms with Gasteiger partial charge < -0.3 is 10.2 Å². The van der Waals surface area contributed by atoms with Crippen LogP contribution in [0.1, 0.15) is 26.6 Å². The molecule has 1 aliphatic heterocycles. The molecule has 16 heavy (non-hydrogen) atoms. The largest absolute Gasteiger partial charge is 0.337 e. The molecule has 1 aromatic heterocycles. The Labute approximate surface area is 96.6 Å². The first-order valence-electron chi connectivity index (χ1n) is 6.04. The highest BCUT2D eigenvalue weighted by molar-refractivity contribution is 5.30. The standard InChI is InChI=1S/C11H21N5/c1-8(2)6-10-13-11(15-14-10)16-5-4-12-9(3)7-16/h8-9,12H,4-7H2,1-3H3,(H,13,14,15)/t9-/m0/s1. The number of anilines is 1. The smallest absolute Gasteiger partial charge is 0.244 e. The van der Waals surface area contributed by atoms with Crippen LogP contribution in [0.3, 0.4) is 0 Å². The van der Waals surface area contributed by atoms with E-state index in [-0.39, 0.29) is 0 Å². The summed E-state index contributed by atoms with van der Waals surface area (Å²) in [6.07, 6.45) is 0.967. The molecule has 2 heterocycles. The predicted octanol–water partition coefficient (Wildman–Crippen LogP) is 0.801. The predicted molar refractivity (Wildman–Crippen MR) is 64.6 cm³/mol. The zero-order chi connectivity index (χ0) is 11.5. The van der Waals surface area contributed by atoms with Crippen LogP contribution < -0.4 is 10.2 Å². The lowest BCUT2D eigenvalue weighted by Gasteiger charge is -2.30. The minimum atomic E-state index is 0.515. The monoisotopic (exact) mass is 223 g/mol. The molecule has 0 aliphatic carbocycles. The molecule has 0 saturated carbocycles. The van der Waals surface area contributed by atoms with E-state index in [1.807, 2.05) is 0 Å². The van der Waals surface area contributed by atoms with E-state index in [9.17, 15) is 0 Å². The van der Waals surface area contributed by atoms with Crippen molar-refractivity contribution in [2.75, 3.05) is 24.5 Å². The summed E-state index contributed by atoms with van der Waals surface area (Å²) in [4.78, 5) is 6.78. The number of piperazine rings is 1. The van der Waals surface area contributed by atoms with Crippen LogP contribution in [0.25, 0.3) is 0 Å². The Morgan fingerprint density at radius 1 is 1.50 bits per heavy atom. The van der Waals surface area contributed by atoms with Gasteiger partial charge in [0.25, 0.3) is 0 Å². The van der Waals surface area contributed by atoms with Gasteiger partial charge in [-0.1, -0.05) is 13.8 Å². The molecule has 5 heteroatoms. The van der Waals surface area contributed by atoms with Crippen molar-refractivity contribution in [1.82, 2.24) is 20.5 Å². The highest BCUT2D eigenvalue weighted by atomic mass is 15.4. The summed E-state index contributed by atoms with van der Waals surface area (Å²) in [5.41, 5.74) is 0. The molecule has 0 amide bonds. The van der Waals surface area contributed by atoms with Gasteiger partial charge in [-0.2, -0.15) is 4.98 Å². The molecule has 2 N–H and O–H groups in total. The average Bonchev–Trinajstić information content (AvgIpc) is 2.65. The third-order valence-corrected chi connectivity index (χ3v) is 2.77. The molecule has 0 radical (unpaired) electrons. The Kier molecular flexibility index (Phi) is 3.43. The second-order valence-corrected chi connectivity index (χ2v) is 4.98. The van der Waals surface area contributed by atoms with Crippen LogP contribution in [0, 0.1) is 5.92 Å². The van der Waals surface area contributed by atoms with E-state index in [0.29, 0.717) is 12.0 Å². The zero-order valence-corrected chi connectivity index (χ0v) is 10.3. The number of hydrogen-bond donors (Lipinski definition) is 2. The van der Waals surface area contributed by atoms with E-state index >= 15 is 0 Å². The van der Waals surface area contributed by atoms with Gasteiger partial charge in [-0.3, -0.25) is 5.10 Å². The second kappa shape index (κ2) is 4.82. The van der Waals surface area contributed by atoms with Crippen LogP contribution in [-0.4, -0.2) is 40.9 Å². The molecular weight excluding hydrogens is 202 g/mol. The summed E-state index contributed by atoms with van der Waals surface area (Å²) in [7, 11) is 0. The first-order valence-corrected chi connectivity index (χ1v) is 6.04. The molecule has 0 spiro atoms. The van der Waals surface area contributed by atoms with Crippen molar-refractivity contribution in [2.45, 2.75) is 33.2 Å². The zero-order valence-electron chi connectivity index (χ0n) is 10.3. The molecule has 0 bridgehead atoms. The number of nitrogens with zero attached hydrogens (tertiary/aromatic N) is 3. The van der Waals surface area contributed by atoms with Gasteiger partial charge in [-0.25, -0.2) is 0 Å². The second-order valence-electron chi connectivity index (χ2n) is 4.98. The molecule has 0 unspecified atom stereocenters. The number of aromatic amines is 1. The molecule has 1 atom stereocenters. The number of nitrogens with one attached hydrogen (secondary N) is 2. The molecule has 2 rings (SSSR count). The van der Waals surface area contributed by atoms with Gasteiger partial charge in [0, 0.05) is 32.1 Å². The number of hydrogen-bond acceptors (Lipinski definition) is 4. The first kappa shape index (κ1) is 11.4. The van der Waals surface area contributed by atoms with Crippen LogP contribution in [-0.2, 0) is 6.42 Å². The number of rotatable bonds is 3. The summed E-state index contributed by atoms with van der Waals surface area (Å²) in [5, 5.41) is 10.7. The van der Waals surface area contributed by atoms with Crippen molar-refractivity contribution in [3.8, 4) is 0 Å². The van der Waals surface area contributed by atoms with Gasteiger partial charge in [-0.15, -0.1) is 5.10 Å². The fraction of sp³-hybridized carbons (Fsp3) is 0.818. The quantitative estimate of drug-likeness (QED) is 0.796.